The molecule has 2 saturated carbocycles. The van der Waals surface area contributed by atoms with Gasteiger partial charge in [0.1, 0.15) is 5.82 Å². The first kappa shape index (κ1) is 29.3. The van der Waals surface area contributed by atoms with Gasteiger partial charge in [-0.1, -0.05) is 36.9 Å². The van der Waals surface area contributed by atoms with Crippen molar-refractivity contribution in [3.63, 3.8) is 0 Å². The summed E-state index contributed by atoms with van der Waals surface area (Å²) in [4.78, 5) is 34.3. The van der Waals surface area contributed by atoms with Crippen molar-refractivity contribution in [1.82, 2.24) is 24.4 Å². The fraction of sp³-hybridized carbons (Fsp3) is 0.333. The third-order valence-electron chi connectivity index (χ3n) is 9.79. The highest BCUT2D eigenvalue weighted by molar-refractivity contribution is 6.33. The van der Waals surface area contributed by atoms with Crippen LogP contribution in [-0.2, 0) is 17.4 Å². The van der Waals surface area contributed by atoms with Crippen LogP contribution >= 0.6 is 11.6 Å². The number of imidazole rings is 1. The maximum atomic E-state index is 14.0. The van der Waals surface area contributed by atoms with Crippen LogP contribution in [-0.4, -0.2) is 36.1 Å². The Hall–Kier alpha value is -4.43. The molecule has 0 atom stereocenters. The number of aliphatic carboxylic acids is 1. The maximum Gasteiger partial charge on any atom is 0.328 e. The molecule has 1 amide bonds. The molecule has 0 spiro atoms. The largest absolute Gasteiger partial charge is 0.478 e. The summed E-state index contributed by atoms with van der Waals surface area (Å²) in [7, 11) is 1.95. The van der Waals surface area contributed by atoms with Crippen molar-refractivity contribution in [2.24, 2.45) is 7.05 Å². The van der Waals surface area contributed by atoms with Crippen molar-refractivity contribution in [3.05, 3.63) is 88.5 Å². The molecule has 0 aliphatic heterocycles. The average molecular weight is 622 g/mol. The highest BCUT2D eigenvalue weighted by atomic mass is 35.5. The summed E-state index contributed by atoms with van der Waals surface area (Å²) in [6, 6.07) is 13.9. The van der Waals surface area contributed by atoms with E-state index in [2.05, 4.69) is 27.9 Å². The number of pyridine rings is 1. The minimum Gasteiger partial charge on any atom is -0.478 e. The van der Waals surface area contributed by atoms with E-state index in [1.807, 2.05) is 54.2 Å². The fourth-order valence-electron chi connectivity index (χ4n) is 7.35. The van der Waals surface area contributed by atoms with E-state index in [1.165, 1.54) is 19.3 Å². The smallest absolute Gasteiger partial charge is 0.328 e. The molecule has 9 heteroatoms. The summed E-state index contributed by atoms with van der Waals surface area (Å²) in [5.41, 5.74) is 6.73. The van der Waals surface area contributed by atoms with Gasteiger partial charge in [-0.25, -0.2) is 9.78 Å². The molecule has 3 aromatic heterocycles. The summed E-state index contributed by atoms with van der Waals surface area (Å²) < 4.78 is 4.47. The molecule has 0 bridgehead atoms. The number of aryl methyl sites for hydroxylation is 2. The number of carbonyl (C=O) groups excluding carboxylic acids is 1. The van der Waals surface area contributed by atoms with Crippen molar-refractivity contribution in [1.29, 1.82) is 0 Å². The zero-order chi connectivity index (χ0) is 31.3. The van der Waals surface area contributed by atoms with E-state index in [0.717, 1.165) is 88.3 Å². The zero-order valence-corrected chi connectivity index (χ0v) is 26.3. The van der Waals surface area contributed by atoms with Crippen molar-refractivity contribution in [2.45, 2.75) is 69.9 Å². The second-order valence-electron chi connectivity index (χ2n) is 12.5. The Bertz CT molecular complexity index is 2000. The lowest BCUT2D eigenvalue weighted by Crippen LogP contribution is -2.52. The number of amides is 1. The summed E-state index contributed by atoms with van der Waals surface area (Å²) in [5, 5.41) is 14.1. The number of nitrogens with zero attached hydrogens (tertiary/aromatic N) is 4. The van der Waals surface area contributed by atoms with Gasteiger partial charge in [0.2, 0.25) is 0 Å². The Balaban J connectivity index is 1.25. The Kier molecular flexibility index (Phi) is 7.48. The van der Waals surface area contributed by atoms with E-state index in [1.54, 1.807) is 12.3 Å². The van der Waals surface area contributed by atoms with Crippen LogP contribution in [0, 0.1) is 6.92 Å². The number of aromatic nitrogens is 4. The fourth-order valence-corrected chi connectivity index (χ4v) is 7.54. The summed E-state index contributed by atoms with van der Waals surface area (Å²) in [5.74, 6) is -0.307. The minimum absolute atomic E-state index is 0.125. The predicted molar refractivity (Wildman–Crippen MR) is 177 cm³/mol. The number of carbonyl (C=O) groups is 2. The van der Waals surface area contributed by atoms with Crippen LogP contribution in [0.4, 0.5) is 0 Å². The number of hydrogen-bond acceptors (Lipinski definition) is 4. The molecule has 0 radical (unpaired) electrons. The standard InChI is InChI=1S/C36H36ClN5O3/c1-22-26-20-24(11-13-30(26)42(25-7-4-3-5-8-25)33(22)27-21-38-18-15-28(27)37)34(45)40-36(16-6-17-36)35-39-29-12-9-23(10-14-32(43)44)19-31(29)41(35)2/h9-15,18-21,25H,3-8,16-17H2,1-2H3,(H,40,45)(H,43,44)/b14-10+. The third kappa shape index (κ3) is 5.11. The normalized spacial score (nSPS) is 16.8. The number of rotatable bonds is 7. The van der Waals surface area contributed by atoms with E-state index < -0.39 is 11.5 Å². The van der Waals surface area contributed by atoms with Crippen molar-refractivity contribution < 1.29 is 14.7 Å². The molecule has 2 aliphatic carbocycles. The van der Waals surface area contributed by atoms with Crippen molar-refractivity contribution in [3.8, 4) is 11.3 Å². The molecule has 45 heavy (non-hydrogen) atoms. The van der Waals surface area contributed by atoms with Gasteiger partial charge in [0.05, 0.1) is 27.3 Å². The number of halogens is 1. The summed E-state index contributed by atoms with van der Waals surface area (Å²) >= 11 is 6.73. The van der Waals surface area contributed by atoms with Gasteiger partial charge in [0.15, 0.2) is 0 Å². The van der Waals surface area contributed by atoms with Gasteiger partial charge in [-0.2, -0.15) is 0 Å². The monoisotopic (exact) mass is 621 g/mol. The molecule has 230 valence electrons. The van der Waals surface area contributed by atoms with Gasteiger partial charge in [-0.3, -0.25) is 9.78 Å². The van der Waals surface area contributed by atoms with Crippen LogP contribution in [0.25, 0.3) is 39.3 Å². The Morgan fingerprint density at radius 2 is 1.84 bits per heavy atom. The Labute approximate surface area is 266 Å². The summed E-state index contributed by atoms with van der Waals surface area (Å²) in [6.45, 7) is 2.12. The lowest BCUT2D eigenvalue weighted by Gasteiger charge is -2.41. The first-order valence-electron chi connectivity index (χ1n) is 15.7. The molecule has 7 rings (SSSR count). The highest BCUT2D eigenvalue weighted by Crippen LogP contribution is 2.44. The van der Waals surface area contributed by atoms with Crippen LogP contribution in [0.5, 0.6) is 0 Å². The minimum atomic E-state index is -0.993. The van der Waals surface area contributed by atoms with Gasteiger partial charge in [-0.05, 0) is 92.6 Å². The van der Waals surface area contributed by atoms with Crippen LogP contribution in [0.1, 0.15) is 84.7 Å². The van der Waals surface area contributed by atoms with Crippen LogP contribution in [0.2, 0.25) is 5.02 Å². The van der Waals surface area contributed by atoms with Crippen LogP contribution in [0.15, 0.2) is 60.9 Å². The highest BCUT2D eigenvalue weighted by Gasteiger charge is 2.44. The van der Waals surface area contributed by atoms with Gasteiger partial charge in [-0.15, -0.1) is 0 Å². The van der Waals surface area contributed by atoms with E-state index in [-0.39, 0.29) is 5.91 Å². The predicted octanol–water partition coefficient (Wildman–Crippen LogP) is 7.96. The second-order valence-corrected chi connectivity index (χ2v) is 12.9. The number of carboxylic acids is 1. The topological polar surface area (TPSA) is 102 Å². The quantitative estimate of drug-likeness (QED) is 0.180. The van der Waals surface area contributed by atoms with E-state index in [9.17, 15) is 9.59 Å². The Morgan fingerprint density at radius 1 is 1.04 bits per heavy atom. The molecule has 2 N–H and O–H groups in total. The molecule has 0 unspecified atom stereocenters. The lowest BCUT2D eigenvalue weighted by atomic mass is 9.75. The molecule has 2 fully saturated rings. The lowest BCUT2D eigenvalue weighted by molar-refractivity contribution is -0.131. The number of nitrogens with one attached hydrogen (secondary N) is 1. The molecule has 5 aromatic rings. The summed E-state index contributed by atoms with van der Waals surface area (Å²) in [6.07, 6.45) is 14.8. The number of carboxylic acid groups (broad SMARTS) is 1. The second kappa shape index (κ2) is 11.5. The molecule has 8 nitrogen and oxygen atoms in total. The zero-order valence-electron chi connectivity index (χ0n) is 25.5. The van der Waals surface area contributed by atoms with Gasteiger partial charge < -0.3 is 19.6 Å². The molecular weight excluding hydrogens is 586 g/mol. The maximum absolute atomic E-state index is 14.0. The number of fused-ring (bicyclic) bond motifs is 2. The molecule has 2 aromatic carbocycles. The number of hydrogen-bond donors (Lipinski definition) is 2. The van der Waals surface area contributed by atoms with Gasteiger partial charge in [0, 0.05) is 53.6 Å². The number of benzene rings is 2. The molecule has 3 heterocycles. The Morgan fingerprint density at radius 3 is 2.56 bits per heavy atom. The first-order valence-corrected chi connectivity index (χ1v) is 16.1. The van der Waals surface area contributed by atoms with E-state index in [4.69, 9.17) is 21.7 Å². The third-order valence-corrected chi connectivity index (χ3v) is 10.1. The van der Waals surface area contributed by atoms with Crippen molar-refractivity contribution in [2.75, 3.05) is 0 Å². The van der Waals surface area contributed by atoms with E-state index in [0.29, 0.717) is 16.6 Å². The molecule has 2 aliphatic rings. The average Bonchev–Trinajstić information content (AvgIpc) is 3.51. The first-order chi connectivity index (χ1) is 21.8. The van der Waals surface area contributed by atoms with Crippen LogP contribution in [0.3, 0.4) is 0 Å². The van der Waals surface area contributed by atoms with Gasteiger partial charge in [0.25, 0.3) is 5.91 Å². The molecular formula is C36H36ClN5O3. The van der Waals surface area contributed by atoms with Crippen molar-refractivity contribution >= 4 is 51.5 Å². The van der Waals surface area contributed by atoms with E-state index >= 15 is 0 Å². The van der Waals surface area contributed by atoms with Crippen LogP contribution < -0.4 is 5.32 Å². The SMILES string of the molecule is Cc1c(-c2cnccc2Cl)n(C2CCCCC2)c2ccc(C(=O)NC3(c4nc5ccc(/C=C/C(=O)O)cc5n4C)CCC3)cc12. The van der Waals surface area contributed by atoms with Gasteiger partial charge >= 0.3 is 5.97 Å². The molecule has 0 saturated heterocycles.